The van der Waals surface area contributed by atoms with Gasteiger partial charge in [-0.3, -0.25) is 0 Å². The molecule has 1 atom stereocenters. The van der Waals surface area contributed by atoms with Gasteiger partial charge in [0.1, 0.15) is 0 Å². The van der Waals surface area contributed by atoms with Crippen LogP contribution in [0.25, 0.3) is 0 Å². The minimum Gasteiger partial charge on any atom is -0.316 e. The second-order valence-electron chi connectivity index (χ2n) is 5.79. The molecule has 2 aliphatic rings. The summed E-state index contributed by atoms with van der Waals surface area (Å²) in [4.78, 5) is 0. The van der Waals surface area contributed by atoms with Crippen LogP contribution in [0.3, 0.4) is 0 Å². The topological polar surface area (TPSA) is 12.0 Å². The van der Waals surface area contributed by atoms with Gasteiger partial charge in [0.05, 0.1) is 0 Å². The van der Waals surface area contributed by atoms with Crippen molar-refractivity contribution in [1.82, 2.24) is 5.32 Å². The van der Waals surface area contributed by atoms with Crippen molar-refractivity contribution in [2.45, 2.75) is 58.3 Å². The van der Waals surface area contributed by atoms with Crippen LogP contribution in [0.5, 0.6) is 0 Å². The lowest BCUT2D eigenvalue weighted by Gasteiger charge is -2.28. The summed E-state index contributed by atoms with van der Waals surface area (Å²) < 4.78 is 0. The molecular formula is C13H25N. The summed E-state index contributed by atoms with van der Waals surface area (Å²) in [6.07, 6.45) is 11.8. The Morgan fingerprint density at radius 1 is 1.14 bits per heavy atom. The van der Waals surface area contributed by atoms with Crippen molar-refractivity contribution in [2.75, 3.05) is 13.1 Å². The molecule has 1 saturated carbocycles. The third kappa shape index (κ3) is 2.73. The number of hydrogen-bond donors (Lipinski definition) is 1. The maximum absolute atomic E-state index is 3.59. The van der Waals surface area contributed by atoms with Crippen molar-refractivity contribution in [3.8, 4) is 0 Å². The average molecular weight is 195 g/mol. The molecule has 0 aromatic rings. The Morgan fingerprint density at radius 2 is 1.93 bits per heavy atom. The SMILES string of the molecule is CC1(CC2CCCCNC2)CCCC1. The van der Waals surface area contributed by atoms with Crippen molar-refractivity contribution in [1.29, 1.82) is 0 Å². The summed E-state index contributed by atoms with van der Waals surface area (Å²) in [5.41, 5.74) is 0.705. The van der Waals surface area contributed by atoms with Crippen LogP contribution in [0.4, 0.5) is 0 Å². The van der Waals surface area contributed by atoms with Crippen LogP contribution in [0.1, 0.15) is 58.3 Å². The number of nitrogens with one attached hydrogen (secondary N) is 1. The Balaban J connectivity index is 1.82. The Morgan fingerprint density at radius 3 is 2.71 bits per heavy atom. The molecule has 1 saturated heterocycles. The zero-order valence-electron chi connectivity index (χ0n) is 9.65. The Bertz CT molecular complexity index is 162. The first kappa shape index (κ1) is 10.5. The molecule has 14 heavy (non-hydrogen) atoms. The molecule has 0 radical (unpaired) electrons. The van der Waals surface area contributed by atoms with E-state index < -0.39 is 0 Å². The van der Waals surface area contributed by atoms with Gasteiger partial charge in [-0.15, -0.1) is 0 Å². The molecule has 1 N–H and O–H groups in total. The lowest BCUT2D eigenvalue weighted by molar-refractivity contribution is 0.238. The van der Waals surface area contributed by atoms with Crippen LogP contribution in [-0.4, -0.2) is 13.1 Å². The van der Waals surface area contributed by atoms with Crippen LogP contribution in [0.2, 0.25) is 0 Å². The smallest absolute Gasteiger partial charge is 0.00203 e. The molecule has 1 nitrogen and oxygen atoms in total. The molecule has 2 fully saturated rings. The summed E-state index contributed by atoms with van der Waals surface area (Å²) >= 11 is 0. The minimum atomic E-state index is 0.705. The van der Waals surface area contributed by atoms with E-state index in [4.69, 9.17) is 0 Å². The highest BCUT2D eigenvalue weighted by atomic mass is 14.9. The van der Waals surface area contributed by atoms with Crippen molar-refractivity contribution in [3.05, 3.63) is 0 Å². The van der Waals surface area contributed by atoms with E-state index in [1.54, 1.807) is 0 Å². The summed E-state index contributed by atoms with van der Waals surface area (Å²) in [6, 6.07) is 0. The largest absolute Gasteiger partial charge is 0.316 e. The maximum Gasteiger partial charge on any atom is -0.00203 e. The van der Waals surface area contributed by atoms with Crippen LogP contribution in [0, 0.1) is 11.3 Å². The fraction of sp³-hybridized carbons (Fsp3) is 1.00. The first-order valence-electron chi connectivity index (χ1n) is 6.49. The summed E-state index contributed by atoms with van der Waals surface area (Å²) in [7, 11) is 0. The second-order valence-corrected chi connectivity index (χ2v) is 5.79. The molecule has 0 aromatic carbocycles. The molecule has 0 amide bonds. The van der Waals surface area contributed by atoms with Gasteiger partial charge in [-0.05, 0) is 56.5 Å². The number of rotatable bonds is 2. The van der Waals surface area contributed by atoms with Crippen molar-refractivity contribution in [3.63, 3.8) is 0 Å². The first-order valence-corrected chi connectivity index (χ1v) is 6.49. The highest BCUT2D eigenvalue weighted by molar-refractivity contribution is 4.84. The summed E-state index contributed by atoms with van der Waals surface area (Å²) in [6.45, 7) is 5.06. The summed E-state index contributed by atoms with van der Waals surface area (Å²) in [5, 5.41) is 3.59. The first-order chi connectivity index (χ1) is 6.79. The molecule has 82 valence electrons. The molecular weight excluding hydrogens is 170 g/mol. The van der Waals surface area contributed by atoms with Gasteiger partial charge in [-0.25, -0.2) is 0 Å². The Labute approximate surface area is 88.7 Å². The molecule has 2 rings (SSSR count). The standard InChI is InChI=1S/C13H25N/c1-13(7-3-4-8-13)10-12-6-2-5-9-14-11-12/h12,14H,2-11H2,1H3. The third-order valence-corrected chi connectivity index (χ3v) is 4.24. The molecule has 1 heteroatoms. The van der Waals surface area contributed by atoms with Crippen LogP contribution >= 0.6 is 0 Å². The van der Waals surface area contributed by atoms with Gasteiger partial charge in [0, 0.05) is 0 Å². The predicted molar refractivity (Wildman–Crippen MR) is 61.4 cm³/mol. The molecule has 0 aromatic heterocycles. The van der Waals surface area contributed by atoms with Gasteiger partial charge < -0.3 is 5.32 Å². The lowest BCUT2D eigenvalue weighted by Crippen LogP contribution is -2.25. The predicted octanol–water partition coefficient (Wildman–Crippen LogP) is 3.35. The molecule has 1 unspecified atom stereocenters. The van der Waals surface area contributed by atoms with Crippen molar-refractivity contribution in [2.24, 2.45) is 11.3 Å². The minimum absolute atomic E-state index is 0.705. The Kier molecular flexibility index (Phi) is 3.48. The van der Waals surface area contributed by atoms with E-state index in [-0.39, 0.29) is 0 Å². The van der Waals surface area contributed by atoms with E-state index in [0.29, 0.717) is 5.41 Å². The Hall–Kier alpha value is -0.0400. The molecule has 1 aliphatic carbocycles. The highest BCUT2D eigenvalue weighted by Gasteiger charge is 2.31. The van der Waals surface area contributed by atoms with Gasteiger partial charge in [-0.2, -0.15) is 0 Å². The summed E-state index contributed by atoms with van der Waals surface area (Å²) in [5.74, 6) is 0.973. The third-order valence-electron chi connectivity index (χ3n) is 4.24. The average Bonchev–Trinajstić information content (AvgIpc) is 2.43. The van der Waals surface area contributed by atoms with Crippen molar-refractivity contribution >= 4 is 0 Å². The normalized spacial score (nSPS) is 32.8. The second kappa shape index (κ2) is 4.65. The van der Waals surface area contributed by atoms with Gasteiger partial charge in [0.25, 0.3) is 0 Å². The zero-order chi connectivity index (χ0) is 9.86. The maximum atomic E-state index is 3.59. The fourth-order valence-electron chi connectivity index (χ4n) is 3.40. The van der Waals surface area contributed by atoms with Crippen LogP contribution < -0.4 is 5.32 Å². The van der Waals surface area contributed by atoms with Crippen LogP contribution in [0.15, 0.2) is 0 Å². The van der Waals surface area contributed by atoms with Gasteiger partial charge >= 0.3 is 0 Å². The zero-order valence-corrected chi connectivity index (χ0v) is 9.65. The van der Waals surface area contributed by atoms with Gasteiger partial charge in [-0.1, -0.05) is 26.2 Å². The van der Waals surface area contributed by atoms with E-state index in [9.17, 15) is 0 Å². The molecule has 0 bridgehead atoms. The monoisotopic (exact) mass is 195 g/mol. The quantitative estimate of drug-likeness (QED) is 0.712. The van der Waals surface area contributed by atoms with Crippen molar-refractivity contribution < 1.29 is 0 Å². The lowest BCUT2D eigenvalue weighted by atomic mass is 9.78. The van der Waals surface area contributed by atoms with E-state index >= 15 is 0 Å². The van der Waals surface area contributed by atoms with Gasteiger partial charge in [0.15, 0.2) is 0 Å². The number of hydrogen-bond acceptors (Lipinski definition) is 1. The molecule has 1 heterocycles. The van der Waals surface area contributed by atoms with E-state index in [2.05, 4.69) is 12.2 Å². The highest BCUT2D eigenvalue weighted by Crippen LogP contribution is 2.43. The van der Waals surface area contributed by atoms with Crippen LogP contribution in [-0.2, 0) is 0 Å². The molecule has 1 aliphatic heterocycles. The van der Waals surface area contributed by atoms with E-state index in [1.807, 2.05) is 0 Å². The van der Waals surface area contributed by atoms with Gasteiger partial charge in [0.2, 0.25) is 0 Å². The van der Waals surface area contributed by atoms with E-state index in [1.165, 1.54) is 64.5 Å². The fourth-order valence-corrected chi connectivity index (χ4v) is 3.40. The van der Waals surface area contributed by atoms with E-state index in [0.717, 1.165) is 5.92 Å². The molecule has 0 spiro atoms.